The number of carbonyl (C=O) groups excluding carboxylic acids is 3. The van der Waals surface area contributed by atoms with Crippen LogP contribution in [0, 0.1) is 0 Å². The summed E-state index contributed by atoms with van der Waals surface area (Å²) in [6.07, 6.45) is -0.726. The number of hydrogen-bond acceptors (Lipinski definition) is 7. The van der Waals surface area contributed by atoms with Gasteiger partial charge in [0.25, 0.3) is 17.4 Å². The van der Waals surface area contributed by atoms with Crippen LogP contribution in [0.5, 0.6) is 5.75 Å². The van der Waals surface area contributed by atoms with E-state index in [4.69, 9.17) is 18.9 Å². The Morgan fingerprint density at radius 2 is 1.83 bits per heavy atom. The third-order valence-electron chi connectivity index (χ3n) is 5.98. The lowest BCUT2D eigenvalue weighted by Crippen LogP contribution is -2.83. The van der Waals surface area contributed by atoms with Gasteiger partial charge in [-0.05, 0) is 43.7 Å². The zero-order valence-corrected chi connectivity index (χ0v) is 21.2. The number of hydrogen-bond donors (Lipinski definition) is 1. The largest absolute Gasteiger partial charge is 0.497 e. The highest BCUT2D eigenvalue weighted by atomic mass is 79.9. The number of nitrogens with one attached hydrogen (secondary N) is 1. The molecule has 0 aromatic heterocycles. The molecule has 2 aliphatic heterocycles. The number of rotatable bonds is 8. The maximum Gasteiger partial charge on any atom is 0.318 e. The molecule has 0 unspecified atom stereocenters. The normalized spacial score (nSPS) is 25.0. The predicted molar refractivity (Wildman–Crippen MR) is 130 cm³/mol. The summed E-state index contributed by atoms with van der Waals surface area (Å²) >= 11 is 3.06. The molecule has 2 aromatic rings. The van der Waals surface area contributed by atoms with E-state index >= 15 is 0 Å². The first-order valence-electron chi connectivity index (χ1n) is 11.1. The second-order valence-electron chi connectivity index (χ2n) is 8.70. The molecule has 1 N–H and O–H groups in total. The fourth-order valence-corrected chi connectivity index (χ4v) is 4.48. The van der Waals surface area contributed by atoms with Crippen LogP contribution >= 0.6 is 15.9 Å². The molecule has 2 aliphatic rings. The Morgan fingerprint density at radius 1 is 1.14 bits per heavy atom. The third kappa shape index (κ3) is 4.78. The van der Waals surface area contributed by atoms with Crippen molar-refractivity contribution < 1.29 is 33.3 Å². The van der Waals surface area contributed by atoms with E-state index in [1.807, 2.05) is 30.3 Å². The molecule has 0 bridgehead atoms. The number of halogens is 1. The number of carbonyl (C=O) groups is 3. The maximum atomic E-state index is 13.7. The van der Waals surface area contributed by atoms with Crippen molar-refractivity contribution in [2.45, 2.75) is 43.9 Å². The Bertz CT molecular complexity index is 1090. The number of anilines is 1. The second-order valence-corrected chi connectivity index (χ2v) is 9.26. The van der Waals surface area contributed by atoms with E-state index in [1.54, 1.807) is 45.2 Å². The van der Waals surface area contributed by atoms with Crippen molar-refractivity contribution >= 4 is 39.4 Å². The number of esters is 1. The van der Waals surface area contributed by atoms with Crippen molar-refractivity contribution in [2.24, 2.45) is 0 Å². The Hall–Kier alpha value is -2.95. The van der Waals surface area contributed by atoms with Gasteiger partial charge >= 0.3 is 5.97 Å². The highest BCUT2D eigenvalue weighted by Gasteiger charge is 2.72. The predicted octanol–water partition coefficient (Wildman–Crippen LogP) is 2.56. The smallest absolute Gasteiger partial charge is 0.318 e. The van der Waals surface area contributed by atoms with Crippen LogP contribution in [0.1, 0.15) is 19.4 Å². The molecule has 2 saturated heterocycles. The van der Waals surface area contributed by atoms with Gasteiger partial charge in [-0.2, -0.15) is 0 Å². The van der Waals surface area contributed by atoms with E-state index in [0.717, 1.165) is 5.56 Å². The summed E-state index contributed by atoms with van der Waals surface area (Å²) in [6.45, 7) is 3.75. The Kier molecular flexibility index (Phi) is 7.16. The van der Waals surface area contributed by atoms with Crippen LogP contribution in [0.3, 0.4) is 0 Å². The minimum absolute atomic E-state index is 0.108. The summed E-state index contributed by atoms with van der Waals surface area (Å²) in [6, 6.07) is 15.1. The van der Waals surface area contributed by atoms with Crippen molar-refractivity contribution in [1.29, 1.82) is 0 Å². The van der Waals surface area contributed by atoms with E-state index in [-0.39, 0.29) is 18.5 Å². The average Bonchev–Trinajstić information content (AvgIpc) is 3.23. The van der Waals surface area contributed by atoms with Gasteiger partial charge in [0.2, 0.25) is 0 Å². The highest BCUT2D eigenvalue weighted by molar-refractivity contribution is 9.09. The number of methoxy groups -OCH3 is 1. The summed E-state index contributed by atoms with van der Waals surface area (Å²) in [5.74, 6) is -2.45. The zero-order valence-electron chi connectivity index (χ0n) is 19.7. The molecule has 2 amide bonds. The average molecular weight is 547 g/mol. The molecular weight excluding hydrogens is 520 g/mol. The van der Waals surface area contributed by atoms with Crippen LogP contribution in [0.2, 0.25) is 0 Å². The van der Waals surface area contributed by atoms with Gasteiger partial charge in [0.15, 0.2) is 5.79 Å². The molecule has 2 fully saturated rings. The van der Waals surface area contributed by atoms with Crippen LogP contribution in [0.25, 0.3) is 0 Å². The lowest BCUT2D eigenvalue weighted by Gasteiger charge is -2.54. The summed E-state index contributed by atoms with van der Waals surface area (Å²) in [4.78, 5) is 41.2. The summed E-state index contributed by atoms with van der Waals surface area (Å²) < 4.78 is 22.6. The molecule has 2 aromatic carbocycles. The van der Waals surface area contributed by atoms with Crippen molar-refractivity contribution in [3.8, 4) is 5.75 Å². The third-order valence-corrected chi connectivity index (χ3v) is 6.44. The Labute approximate surface area is 211 Å². The van der Waals surface area contributed by atoms with Crippen LogP contribution in [-0.4, -0.2) is 60.4 Å². The molecule has 0 spiro atoms. The SMILES string of the molecule is COc1ccc(N2C(=O)[C@@](OC(=O)CBr)(C(=O)NCc3ccccc3)[C@@H]2[C@H]2COC(C)(C)O2)cc1. The topological polar surface area (TPSA) is 103 Å². The van der Waals surface area contributed by atoms with Crippen molar-refractivity contribution in [3.05, 3.63) is 60.2 Å². The van der Waals surface area contributed by atoms with Gasteiger partial charge in [0.05, 0.1) is 13.7 Å². The molecule has 0 radical (unpaired) electrons. The van der Waals surface area contributed by atoms with Crippen molar-refractivity contribution in [2.75, 3.05) is 23.9 Å². The number of amides is 2. The van der Waals surface area contributed by atoms with Crippen LogP contribution in [0.15, 0.2) is 54.6 Å². The fraction of sp³-hybridized carbons (Fsp3) is 0.400. The number of alkyl halides is 1. The summed E-state index contributed by atoms with van der Waals surface area (Å²) in [7, 11) is 1.54. The summed E-state index contributed by atoms with van der Waals surface area (Å²) in [5, 5.41) is 2.59. The lowest BCUT2D eigenvalue weighted by atomic mass is 9.77. The van der Waals surface area contributed by atoms with Crippen molar-refractivity contribution in [3.63, 3.8) is 0 Å². The first kappa shape index (κ1) is 25.2. The molecule has 9 nitrogen and oxygen atoms in total. The first-order chi connectivity index (χ1) is 16.7. The van der Waals surface area contributed by atoms with Gasteiger partial charge in [0, 0.05) is 12.2 Å². The molecule has 35 heavy (non-hydrogen) atoms. The van der Waals surface area contributed by atoms with Crippen LogP contribution in [-0.2, 0) is 35.1 Å². The second kappa shape index (κ2) is 9.96. The van der Waals surface area contributed by atoms with Gasteiger partial charge in [0.1, 0.15) is 23.2 Å². The van der Waals surface area contributed by atoms with Gasteiger partial charge in [-0.1, -0.05) is 46.3 Å². The molecular formula is C25H27BrN2O7. The number of benzene rings is 2. The minimum atomic E-state index is -2.12. The van der Waals surface area contributed by atoms with E-state index in [9.17, 15) is 14.4 Å². The molecule has 186 valence electrons. The standard InChI is InChI=1S/C25H27BrN2O7/c1-24(2)33-15-19(34-24)21-25(35-20(29)13-26,22(30)27-14-16-7-5-4-6-8-16)23(31)28(21)17-9-11-18(32-3)12-10-17/h4-12,19,21H,13-15H2,1-3H3,(H,27,30)/t19-,21+,25+/m1/s1. The maximum absolute atomic E-state index is 13.7. The lowest BCUT2D eigenvalue weighted by molar-refractivity contribution is -0.194. The van der Waals surface area contributed by atoms with Crippen molar-refractivity contribution in [1.82, 2.24) is 5.32 Å². The first-order valence-corrected chi connectivity index (χ1v) is 12.2. The quantitative estimate of drug-likeness (QED) is 0.235. The van der Waals surface area contributed by atoms with E-state index < -0.39 is 41.3 Å². The van der Waals surface area contributed by atoms with Crippen LogP contribution in [0.4, 0.5) is 5.69 Å². The van der Waals surface area contributed by atoms with Gasteiger partial charge in [-0.3, -0.25) is 19.3 Å². The number of nitrogens with zero attached hydrogens (tertiary/aromatic N) is 1. The van der Waals surface area contributed by atoms with E-state index in [1.165, 1.54) is 4.90 Å². The summed E-state index contributed by atoms with van der Waals surface area (Å²) in [5.41, 5.74) is -0.774. The monoisotopic (exact) mass is 546 g/mol. The van der Waals surface area contributed by atoms with Gasteiger partial charge in [-0.25, -0.2) is 0 Å². The molecule has 2 heterocycles. The van der Waals surface area contributed by atoms with Gasteiger partial charge in [-0.15, -0.1) is 0 Å². The Balaban J connectivity index is 1.72. The molecule has 10 heteroatoms. The minimum Gasteiger partial charge on any atom is -0.497 e. The number of β-lactam (4-membered cyclic amide) rings is 1. The Morgan fingerprint density at radius 3 is 2.40 bits per heavy atom. The highest BCUT2D eigenvalue weighted by Crippen LogP contribution is 2.44. The fourth-order valence-electron chi connectivity index (χ4n) is 4.37. The molecule has 0 aliphatic carbocycles. The van der Waals surface area contributed by atoms with E-state index in [2.05, 4.69) is 21.2 Å². The number of ether oxygens (including phenoxy) is 4. The van der Waals surface area contributed by atoms with E-state index in [0.29, 0.717) is 11.4 Å². The zero-order chi connectivity index (χ0) is 25.2. The van der Waals surface area contributed by atoms with Crippen LogP contribution < -0.4 is 15.0 Å². The van der Waals surface area contributed by atoms with Gasteiger partial charge < -0.3 is 24.3 Å². The molecule has 3 atom stereocenters. The molecule has 4 rings (SSSR count). The molecule has 0 saturated carbocycles.